The number of imide groups is 1. The summed E-state index contributed by atoms with van der Waals surface area (Å²) in [6.45, 7) is 5.71. The summed E-state index contributed by atoms with van der Waals surface area (Å²) in [7, 11) is 0. The van der Waals surface area contributed by atoms with Gasteiger partial charge in [-0.15, -0.1) is 0 Å². The molecule has 2 aromatic carbocycles. The first-order chi connectivity index (χ1) is 14.4. The van der Waals surface area contributed by atoms with Crippen LogP contribution in [-0.2, 0) is 4.79 Å². The number of carbonyl (C=O) groups is 2. The van der Waals surface area contributed by atoms with Crippen LogP contribution in [0.4, 0.5) is 10.5 Å². The fourth-order valence-electron chi connectivity index (χ4n) is 3.63. The third-order valence-corrected chi connectivity index (χ3v) is 6.76. The Morgan fingerprint density at radius 3 is 2.47 bits per heavy atom. The first-order valence-electron chi connectivity index (χ1n) is 9.66. The summed E-state index contributed by atoms with van der Waals surface area (Å²) in [5.74, 6) is -0.280. The summed E-state index contributed by atoms with van der Waals surface area (Å²) < 4.78 is 0. The second-order valence-electron chi connectivity index (χ2n) is 7.31. The average molecular weight is 462 g/mol. The van der Waals surface area contributed by atoms with Crippen molar-refractivity contribution in [1.29, 1.82) is 0 Å². The van der Waals surface area contributed by atoms with Crippen LogP contribution in [0.1, 0.15) is 11.1 Å². The number of aryl methyl sites for hydroxylation is 1. The number of piperazine rings is 1. The van der Waals surface area contributed by atoms with Crippen LogP contribution in [0.2, 0.25) is 10.0 Å². The van der Waals surface area contributed by atoms with Crippen LogP contribution in [0.3, 0.4) is 0 Å². The molecule has 2 aliphatic heterocycles. The van der Waals surface area contributed by atoms with Gasteiger partial charge in [0.05, 0.1) is 11.6 Å². The molecule has 0 unspecified atom stereocenters. The van der Waals surface area contributed by atoms with Crippen LogP contribution >= 0.6 is 35.0 Å². The van der Waals surface area contributed by atoms with E-state index in [2.05, 4.69) is 28.9 Å². The standard InChI is InChI=1S/C22H21Cl2N3O2S/c1-15-4-2-3-5-19(15)26-10-8-25(9-11-26)14-27-21(28)20(30-22(27)29)12-16-6-7-17(23)13-18(16)24/h2-7,12-13H,8-11,14H2,1H3/b20-12-. The highest BCUT2D eigenvalue weighted by atomic mass is 35.5. The quantitative estimate of drug-likeness (QED) is 0.591. The smallest absolute Gasteiger partial charge is 0.294 e. The molecule has 2 fully saturated rings. The van der Waals surface area contributed by atoms with E-state index in [0.29, 0.717) is 27.2 Å². The number of anilines is 1. The first kappa shape index (κ1) is 21.2. The van der Waals surface area contributed by atoms with Crippen LogP contribution in [0.5, 0.6) is 0 Å². The lowest BCUT2D eigenvalue weighted by Gasteiger charge is -2.37. The van der Waals surface area contributed by atoms with Gasteiger partial charge in [-0.1, -0.05) is 47.5 Å². The zero-order chi connectivity index (χ0) is 21.3. The molecule has 2 amide bonds. The van der Waals surface area contributed by atoms with Crippen molar-refractivity contribution in [2.75, 3.05) is 37.7 Å². The number of halogens is 2. The number of nitrogens with zero attached hydrogens (tertiary/aromatic N) is 3. The Morgan fingerprint density at radius 1 is 1.03 bits per heavy atom. The molecule has 0 aliphatic carbocycles. The van der Waals surface area contributed by atoms with Crippen LogP contribution < -0.4 is 4.90 Å². The predicted octanol–water partition coefficient (Wildman–Crippen LogP) is 5.12. The number of thioether (sulfide) groups is 1. The Balaban J connectivity index is 1.40. The van der Waals surface area contributed by atoms with Gasteiger partial charge in [0.2, 0.25) is 0 Å². The van der Waals surface area contributed by atoms with Gasteiger partial charge < -0.3 is 4.90 Å². The maximum Gasteiger partial charge on any atom is 0.294 e. The molecule has 5 nitrogen and oxygen atoms in total. The number of amides is 2. The van der Waals surface area contributed by atoms with Crippen molar-refractivity contribution < 1.29 is 9.59 Å². The molecule has 2 saturated heterocycles. The van der Waals surface area contributed by atoms with Gasteiger partial charge in [0.1, 0.15) is 0 Å². The average Bonchev–Trinajstić information content (AvgIpc) is 2.98. The van der Waals surface area contributed by atoms with Gasteiger partial charge in [-0.3, -0.25) is 19.4 Å². The van der Waals surface area contributed by atoms with Crippen LogP contribution in [0, 0.1) is 6.92 Å². The van der Waals surface area contributed by atoms with E-state index in [0.717, 1.165) is 37.9 Å². The lowest BCUT2D eigenvalue weighted by molar-refractivity contribution is -0.124. The number of hydrogen-bond acceptors (Lipinski definition) is 5. The van der Waals surface area contributed by atoms with Gasteiger partial charge in [-0.25, -0.2) is 0 Å². The van der Waals surface area contributed by atoms with Crippen LogP contribution in [0.25, 0.3) is 6.08 Å². The molecule has 0 aromatic heterocycles. The molecule has 0 saturated carbocycles. The van der Waals surface area contributed by atoms with Crippen molar-refractivity contribution in [3.05, 3.63) is 68.5 Å². The molecular weight excluding hydrogens is 441 g/mol. The molecule has 0 radical (unpaired) electrons. The Kier molecular flexibility index (Phi) is 6.39. The largest absolute Gasteiger partial charge is 0.369 e. The first-order valence-corrected chi connectivity index (χ1v) is 11.2. The number of benzene rings is 2. The molecule has 0 bridgehead atoms. The summed E-state index contributed by atoms with van der Waals surface area (Å²) in [6.07, 6.45) is 1.65. The Bertz CT molecular complexity index is 1020. The minimum Gasteiger partial charge on any atom is -0.369 e. The third-order valence-electron chi connectivity index (χ3n) is 5.29. The number of rotatable bonds is 4. The van der Waals surface area contributed by atoms with E-state index in [1.807, 2.05) is 12.1 Å². The van der Waals surface area contributed by atoms with E-state index < -0.39 is 0 Å². The number of carbonyl (C=O) groups excluding carboxylic acids is 2. The minimum absolute atomic E-state index is 0.252. The van der Waals surface area contributed by atoms with E-state index in [9.17, 15) is 9.59 Å². The zero-order valence-electron chi connectivity index (χ0n) is 16.5. The summed E-state index contributed by atoms with van der Waals surface area (Å²) in [4.78, 5) is 31.5. The third kappa shape index (κ3) is 4.52. The summed E-state index contributed by atoms with van der Waals surface area (Å²) in [5.41, 5.74) is 3.16. The molecule has 4 rings (SSSR count). The fourth-order valence-corrected chi connectivity index (χ4v) is 4.92. The summed E-state index contributed by atoms with van der Waals surface area (Å²) in [5, 5.41) is 0.717. The second kappa shape index (κ2) is 9.02. The SMILES string of the molecule is Cc1ccccc1N1CCN(CN2C(=O)S/C(=C\c3ccc(Cl)cc3Cl)C2=O)CC1. The van der Waals surface area contributed by atoms with Crippen molar-refractivity contribution in [2.24, 2.45) is 0 Å². The Labute approximate surface area is 190 Å². The number of para-hydroxylation sites is 1. The second-order valence-corrected chi connectivity index (χ2v) is 9.15. The molecule has 0 atom stereocenters. The van der Waals surface area contributed by atoms with Gasteiger partial charge in [-0.05, 0) is 54.1 Å². The Hall–Kier alpha value is -1.99. The van der Waals surface area contributed by atoms with Gasteiger partial charge in [0.15, 0.2) is 0 Å². The van der Waals surface area contributed by atoms with Gasteiger partial charge in [0, 0.05) is 41.9 Å². The fraction of sp³-hybridized carbons (Fsp3) is 0.273. The Morgan fingerprint density at radius 2 is 1.77 bits per heavy atom. The molecule has 2 heterocycles. The molecule has 2 aromatic rings. The van der Waals surface area contributed by atoms with Crippen molar-refractivity contribution in [2.45, 2.75) is 6.92 Å². The lowest BCUT2D eigenvalue weighted by Crippen LogP contribution is -2.51. The molecular formula is C22H21Cl2N3O2S. The van der Waals surface area contributed by atoms with E-state index in [-0.39, 0.29) is 11.1 Å². The highest BCUT2D eigenvalue weighted by molar-refractivity contribution is 8.18. The van der Waals surface area contributed by atoms with Gasteiger partial charge in [-0.2, -0.15) is 0 Å². The van der Waals surface area contributed by atoms with E-state index >= 15 is 0 Å². The molecule has 8 heteroatoms. The maximum atomic E-state index is 12.8. The molecule has 2 aliphatic rings. The van der Waals surface area contributed by atoms with Gasteiger partial charge in [0.25, 0.3) is 11.1 Å². The van der Waals surface area contributed by atoms with Crippen molar-refractivity contribution in [3.8, 4) is 0 Å². The van der Waals surface area contributed by atoms with E-state index in [4.69, 9.17) is 23.2 Å². The van der Waals surface area contributed by atoms with E-state index in [1.165, 1.54) is 16.2 Å². The maximum absolute atomic E-state index is 12.8. The molecule has 156 valence electrons. The summed E-state index contributed by atoms with van der Waals surface area (Å²) >= 11 is 13.1. The van der Waals surface area contributed by atoms with Crippen LogP contribution in [-0.4, -0.2) is 53.8 Å². The van der Waals surface area contributed by atoms with Gasteiger partial charge >= 0.3 is 0 Å². The highest BCUT2D eigenvalue weighted by Gasteiger charge is 2.36. The van der Waals surface area contributed by atoms with E-state index in [1.54, 1.807) is 24.3 Å². The zero-order valence-corrected chi connectivity index (χ0v) is 18.8. The van der Waals surface area contributed by atoms with Crippen molar-refractivity contribution >= 4 is 57.9 Å². The lowest BCUT2D eigenvalue weighted by atomic mass is 10.1. The summed E-state index contributed by atoms with van der Waals surface area (Å²) in [6, 6.07) is 13.4. The van der Waals surface area contributed by atoms with Crippen LogP contribution in [0.15, 0.2) is 47.4 Å². The highest BCUT2D eigenvalue weighted by Crippen LogP contribution is 2.34. The minimum atomic E-state index is -0.280. The molecule has 0 spiro atoms. The van der Waals surface area contributed by atoms with Crippen molar-refractivity contribution in [1.82, 2.24) is 9.80 Å². The monoisotopic (exact) mass is 461 g/mol. The number of hydrogen-bond donors (Lipinski definition) is 0. The normalized spacial score (nSPS) is 19.2. The molecule has 0 N–H and O–H groups in total. The molecule has 30 heavy (non-hydrogen) atoms. The predicted molar refractivity (Wildman–Crippen MR) is 124 cm³/mol. The van der Waals surface area contributed by atoms with Crippen molar-refractivity contribution in [3.63, 3.8) is 0 Å². The topological polar surface area (TPSA) is 43.9 Å².